The van der Waals surface area contributed by atoms with Crippen LogP contribution < -0.4 is 4.74 Å². The number of hydrogen-bond acceptors (Lipinski definition) is 3. The molecule has 3 heteroatoms. The van der Waals surface area contributed by atoms with E-state index in [0.29, 0.717) is 19.4 Å². The highest BCUT2D eigenvalue weighted by atomic mass is 16.6. The summed E-state index contributed by atoms with van der Waals surface area (Å²) < 4.78 is 10.6. The topological polar surface area (TPSA) is 35.5 Å². The van der Waals surface area contributed by atoms with Crippen molar-refractivity contribution < 1.29 is 14.3 Å². The van der Waals surface area contributed by atoms with Gasteiger partial charge in [-0.15, -0.1) is 0 Å². The zero-order valence-corrected chi connectivity index (χ0v) is 11.3. The third kappa shape index (κ3) is 5.14. The second kappa shape index (κ2) is 8.00. The standard InChI is InChI=1S/C17H18O3/c18-17(12-11-15-7-3-1-4-8-15)20-14-13-19-16-9-5-2-6-10-16/h1-10H,11-14H2. The average Bonchev–Trinajstić information content (AvgIpc) is 2.52. The molecule has 0 aliphatic carbocycles. The first-order chi connectivity index (χ1) is 9.84. The summed E-state index contributed by atoms with van der Waals surface area (Å²) in [6.45, 7) is 0.656. The van der Waals surface area contributed by atoms with Crippen LogP contribution in [-0.4, -0.2) is 19.2 Å². The minimum Gasteiger partial charge on any atom is -0.490 e. The van der Waals surface area contributed by atoms with Gasteiger partial charge in [-0.05, 0) is 24.1 Å². The Morgan fingerprint density at radius 3 is 2.20 bits per heavy atom. The summed E-state index contributed by atoms with van der Waals surface area (Å²) in [5, 5.41) is 0. The molecule has 3 nitrogen and oxygen atoms in total. The molecule has 0 aromatic heterocycles. The SMILES string of the molecule is O=C(CCc1ccccc1)OCCOc1ccccc1. The molecule has 0 saturated heterocycles. The number of carbonyl (C=O) groups is 1. The maximum Gasteiger partial charge on any atom is 0.306 e. The fourth-order valence-electron chi connectivity index (χ4n) is 1.79. The van der Waals surface area contributed by atoms with E-state index in [1.807, 2.05) is 60.7 Å². The molecule has 2 aromatic rings. The van der Waals surface area contributed by atoms with Crippen LogP contribution in [0.2, 0.25) is 0 Å². The summed E-state index contributed by atoms with van der Waals surface area (Å²) in [6, 6.07) is 19.4. The van der Waals surface area contributed by atoms with Crippen molar-refractivity contribution in [3.63, 3.8) is 0 Å². The number of benzene rings is 2. The van der Waals surface area contributed by atoms with Crippen LogP contribution in [0.4, 0.5) is 0 Å². The van der Waals surface area contributed by atoms with Gasteiger partial charge < -0.3 is 9.47 Å². The molecule has 20 heavy (non-hydrogen) atoms. The lowest BCUT2D eigenvalue weighted by Crippen LogP contribution is -2.12. The highest BCUT2D eigenvalue weighted by molar-refractivity contribution is 5.69. The molecular weight excluding hydrogens is 252 g/mol. The van der Waals surface area contributed by atoms with Crippen LogP contribution in [-0.2, 0) is 16.0 Å². The van der Waals surface area contributed by atoms with Crippen LogP contribution in [0.3, 0.4) is 0 Å². The van der Waals surface area contributed by atoms with Gasteiger partial charge in [0.2, 0.25) is 0 Å². The highest BCUT2D eigenvalue weighted by Crippen LogP contribution is 2.08. The monoisotopic (exact) mass is 270 g/mol. The zero-order valence-electron chi connectivity index (χ0n) is 11.3. The summed E-state index contributed by atoms with van der Waals surface area (Å²) in [5.74, 6) is 0.596. The van der Waals surface area contributed by atoms with Gasteiger partial charge in [0.15, 0.2) is 0 Å². The maximum atomic E-state index is 11.5. The highest BCUT2D eigenvalue weighted by Gasteiger charge is 2.03. The molecule has 0 amide bonds. The average molecular weight is 270 g/mol. The van der Waals surface area contributed by atoms with E-state index in [9.17, 15) is 4.79 Å². The largest absolute Gasteiger partial charge is 0.490 e. The lowest BCUT2D eigenvalue weighted by atomic mass is 10.1. The Kier molecular flexibility index (Phi) is 5.65. The Bertz CT molecular complexity index is 508. The molecular formula is C17H18O3. The Morgan fingerprint density at radius 2 is 1.50 bits per heavy atom. The number of rotatable bonds is 7. The molecule has 0 aliphatic rings. The van der Waals surface area contributed by atoms with Crippen LogP contribution >= 0.6 is 0 Å². The van der Waals surface area contributed by atoms with Crippen molar-refractivity contribution in [3.05, 3.63) is 66.2 Å². The quantitative estimate of drug-likeness (QED) is 0.572. The summed E-state index contributed by atoms with van der Waals surface area (Å²) in [6.07, 6.45) is 1.11. The molecule has 0 unspecified atom stereocenters. The first kappa shape index (κ1) is 14.1. The third-order valence-corrected chi connectivity index (χ3v) is 2.82. The zero-order chi connectivity index (χ0) is 14.0. The molecule has 0 atom stereocenters. The van der Waals surface area contributed by atoms with Crippen LogP contribution in [0.1, 0.15) is 12.0 Å². The van der Waals surface area contributed by atoms with E-state index >= 15 is 0 Å². The second-order valence-corrected chi connectivity index (χ2v) is 4.37. The van der Waals surface area contributed by atoms with Crippen molar-refractivity contribution >= 4 is 5.97 Å². The van der Waals surface area contributed by atoms with E-state index in [2.05, 4.69) is 0 Å². The minimum atomic E-state index is -0.189. The van der Waals surface area contributed by atoms with Gasteiger partial charge in [0, 0.05) is 6.42 Å². The van der Waals surface area contributed by atoms with Gasteiger partial charge in [-0.1, -0.05) is 48.5 Å². The van der Waals surface area contributed by atoms with E-state index < -0.39 is 0 Å². The molecule has 0 spiro atoms. The fourth-order valence-corrected chi connectivity index (χ4v) is 1.79. The summed E-state index contributed by atoms with van der Waals surface area (Å²) in [4.78, 5) is 11.5. The van der Waals surface area contributed by atoms with Crippen molar-refractivity contribution in [2.75, 3.05) is 13.2 Å². The Hall–Kier alpha value is -2.29. The van der Waals surface area contributed by atoms with Crippen molar-refractivity contribution in [2.45, 2.75) is 12.8 Å². The van der Waals surface area contributed by atoms with Crippen LogP contribution in [0.5, 0.6) is 5.75 Å². The number of aryl methyl sites for hydroxylation is 1. The molecule has 0 aliphatic heterocycles. The van der Waals surface area contributed by atoms with Gasteiger partial charge in [0.1, 0.15) is 19.0 Å². The molecule has 2 aromatic carbocycles. The van der Waals surface area contributed by atoms with Crippen LogP contribution in [0, 0.1) is 0 Å². The van der Waals surface area contributed by atoms with Gasteiger partial charge in [0.05, 0.1) is 0 Å². The minimum absolute atomic E-state index is 0.189. The summed E-state index contributed by atoms with van der Waals surface area (Å²) in [5.41, 5.74) is 1.14. The number of ether oxygens (including phenoxy) is 2. The Balaban J connectivity index is 1.59. The van der Waals surface area contributed by atoms with Crippen LogP contribution in [0.15, 0.2) is 60.7 Å². The van der Waals surface area contributed by atoms with E-state index in [-0.39, 0.29) is 12.6 Å². The van der Waals surface area contributed by atoms with Gasteiger partial charge in [-0.25, -0.2) is 0 Å². The van der Waals surface area contributed by atoms with E-state index in [1.165, 1.54) is 0 Å². The smallest absolute Gasteiger partial charge is 0.306 e. The van der Waals surface area contributed by atoms with E-state index in [0.717, 1.165) is 11.3 Å². The maximum absolute atomic E-state index is 11.5. The number of hydrogen-bond donors (Lipinski definition) is 0. The fraction of sp³-hybridized carbons (Fsp3) is 0.235. The number of para-hydroxylation sites is 1. The van der Waals surface area contributed by atoms with E-state index in [1.54, 1.807) is 0 Å². The van der Waals surface area contributed by atoms with Gasteiger partial charge >= 0.3 is 5.97 Å². The van der Waals surface area contributed by atoms with Gasteiger partial charge in [0.25, 0.3) is 0 Å². The lowest BCUT2D eigenvalue weighted by Gasteiger charge is -2.07. The molecule has 0 saturated carbocycles. The molecule has 2 rings (SSSR count). The normalized spacial score (nSPS) is 10.0. The molecule has 104 valence electrons. The number of esters is 1. The Morgan fingerprint density at radius 1 is 0.850 bits per heavy atom. The predicted octanol–water partition coefficient (Wildman–Crippen LogP) is 3.24. The summed E-state index contributed by atoms with van der Waals surface area (Å²) in [7, 11) is 0. The predicted molar refractivity (Wildman–Crippen MR) is 77.7 cm³/mol. The van der Waals surface area contributed by atoms with Crippen LogP contribution in [0.25, 0.3) is 0 Å². The van der Waals surface area contributed by atoms with Gasteiger partial charge in [-0.2, -0.15) is 0 Å². The van der Waals surface area contributed by atoms with Crippen molar-refractivity contribution in [3.8, 4) is 5.75 Å². The lowest BCUT2D eigenvalue weighted by molar-refractivity contribution is -0.144. The first-order valence-electron chi connectivity index (χ1n) is 6.72. The molecule has 0 radical (unpaired) electrons. The van der Waals surface area contributed by atoms with Crippen molar-refractivity contribution in [1.82, 2.24) is 0 Å². The molecule has 0 heterocycles. The second-order valence-electron chi connectivity index (χ2n) is 4.37. The third-order valence-electron chi connectivity index (χ3n) is 2.82. The van der Waals surface area contributed by atoms with Crippen molar-refractivity contribution in [1.29, 1.82) is 0 Å². The molecule has 0 fully saturated rings. The number of carbonyl (C=O) groups excluding carboxylic acids is 1. The summed E-state index contributed by atoms with van der Waals surface area (Å²) >= 11 is 0. The first-order valence-corrected chi connectivity index (χ1v) is 6.72. The van der Waals surface area contributed by atoms with Gasteiger partial charge in [-0.3, -0.25) is 4.79 Å². The molecule has 0 bridgehead atoms. The molecule has 0 N–H and O–H groups in total. The van der Waals surface area contributed by atoms with E-state index in [4.69, 9.17) is 9.47 Å². The Labute approximate surface area is 119 Å². The van der Waals surface area contributed by atoms with Crippen molar-refractivity contribution in [2.24, 2.45) is 0 Å².